The maximum Gasteiger partial charge on any atom is 0.242 e. The van der Waals surface area contributed by atoms with Gasteiger partial charge < -0.3 is 19.7 Å². The fraction of sp³-hybridized carbons (Fsp3) is 0.261. The molecule has 1 saturated heterocycles. The second-order valence-corrected chi connectivity index (χ2v) is 7.73. The molecule has 9 heteroatoms. The van der Waals surface area contributed by atoms with E-state index in [4.69, 9.17) is 0 Å². The average molecular weight is 429 g/mol. The van der Waals surface area contributed by atoms with Gasteiger partial charge in [-0.2, -0.15) is 0 Å². The average Bonchev–Trinajstić information content (AvgIpc) is 3.22. The number of nitrogens with one attached hydrogen (secondary N) is 1. The number of benzene rings is 1. The minimum Gasteiger partial charge on any atom is -0.353 e. The predicted octanol–water partition coefficient (Wildman–Crippen LogP) is 2.62. The Kier molecular flexibility index (Phi) is 5.37. The van der Waals surface area contributed by atoms with Crippen molar-refractivity contribution in [3.05, 3.63) is 66.9 Å². The molecule has 0 spiro atoms. The number of para-hydroxylation sites is 2. The Morgan fingerprint density at radius 3 is 2.59 bits per heavy atom. The number of anilines is 3. The van der Waals surface area contributed by atoms with Gasteiger partial charge in [0, 0.05) is 38.4 Å². The summed E-state index contributed by atoms with van der Waals surface area (Å²) in [5.74, 6) is 3.08. The minimum atomic E-state index is 0.101. The first-order valence-electron chi connectivity index (χ1n) is 10.6. The Labute approximate surface area is 185 Å². The van der Waals surface area contributed by atoms with Crippen LogP contribution in [0.5, 0.6) is 0 Å². The second-order valence-electron chi connectivity index (χ2n) is 7.73. The third kappa shape index (κ3) is 4.22. The monoisotopic (exact) mass is 428 g/mol. The van der Waals surface area contributed by atoms with E-state index in [2.05, 4.69) is 30.2 Å². The van der Waals surface area contributed by atoms with Gasteiger partial charge in [-0.1, -0.05) is 18.2 Å². The summed E-state index contributed by atoms with van der Waals surface area (Å²) in [5.41, 5.74) is 1.88. The Bertz CT molecular complexity index is 1230. The van der Waals surface area contributed by atoms with Crippen LogP contribution in [0.2, 0.25) is 0 Å². The molecule has 1 amide bonds. The van der Waals surface area contributed by atoms with Crippen LogP contribution in [0.15, 0.2) is 61.1 Å². The summed E-state index contributed by atoms with van der Waals surface area (Å²) in [6, 6.07) is 15.5. The normalized spacial score (nSPS) is 14.0. The van der Waals surface area contributed by atoms with E-state index < -0.39 is 0 Å². The summed E-state index contributed by atoms with van der Waals surface area (Å²) in [6.07, 6.45) is 3.47. The van der Waals surface area contributed by atoms with Crippen LogP contribution < -0.4 is 10.2 Å². The SMILES string of the molecule is Cc1nc(Nc2ccccn2)cc(N2CCN(C(=O)Cn3cnc4ccccc43)CC2)n1. The number of hydrogen-bond acceptors (Lipinski definition) is 7. The van der Waals surface area contributed by atoms with Crippen molar-refractivity contribution in [1.29, 1.82) is 0 Å². The van der Waals surface area contributed by atoms with Gasteiger partial charge in [0.05, 0.1) is 17.4 Å². The van der Waals surface area contributed by atoms with Crippen LogP contribution >= 0.6 is 0 Å². The summed E-state index contributed by atoms with van der Waals surface area (Å²) < 4.78 is 1.91. The summed E-state index contributed by atoms with van der Waals surface area (Å²) in [6.45, 7) is 4.91. The van der Waals surface area contributed by atoms with Crippen molar-refractivity contribution in [2.24, 2.45) is 0 Å². The molecule has 4 aromatic rings. The minimum absolute atomic E-state index is 0.101. The Balaban J connectivity index is 1.23. The number of pyridine rings is 1. The van der Waals surface area contributed by atoms with Crippen LogP contribution in [0.4, 0.5) is 17.5 Å². The van der Waals surface area contributed by atoms with E-state index in [9.17, 15) is 4.79 Å². The summed E-state index contributed by atoms with van der Waals surface area (Å²) in [5, 5.41) is 3.23. The maximum atomic E-state index is 12.9. The van der Waals surface area contributed by atoms with E-state index in [1.54, 1.807) is 12.5 Å². The van der Waals surface area contributed by atoms with Crippen molar-refractivity contribution in [3.8, 4) is 0 Å². The van der Waals surface area contributed by atoms with Crippen LogP contribution in [0.25, 0.3) is 11.0 Å². The number of imidazole rings is 1. The number of carbonyl (C=O) groups is 1. The molecular formula is C23H24N8O. The van der Waals surface area contributed by atoms with Gasteiger partial charge in [-0.25, -0.2) is 19.9 Å². The van der Waals surface area contributed by atoms with Gasteiger partial charge in [0.15, 0.2) is 0 Å². The first-order chi connectivity index (χ1) is 15.7. The van der Waals surface area contributed by atoms with E-state index >= 15 is 0 Å². The second kappa shape index (κ2) is 8.62. The van der Waals surface area contributed by atoms with Gasteiger partial charge in [-0.15, -0.1) is 0 Å². The molecule has 0 atom stereocenters. The highest BCUT2D eigenvalue weighted by Gasteiger charge is 2.23. The quantitative estimate of drug-likeness (QED) is 0.522. The van der Waals surface area contributed by atoms with Gasteiger partial charge in [-0.3, -0.25) is 4.79 Å². The molecule has 1 N–H and O–H groups in total. The molecule has 0 saturated carbocycles. The van der Waals surface area contributed by atoms with Crippen molar-refractivity contribution < 1.29 is 4.79 Å². The largest absolute Gasteiger partial charge is 0.353 e. The fourth-order valence-electron chi connectivity index (χ4n) is 3.91. The Morgan fingerprint density at radius 1 is 0.969 bits per heavy atom. The lowest BCUT2D eigenvalue weighted by Crippen LogP contribution is -2.49. The fourth-order valence-corrected chi connectivity index (χ4v) is 3.91. The Morgan fingerprint density at radius 2 is 1.78 bits per heavy atom. The van der Waals surface area contributed by atoms with Crippen LogP contribution in [0, 0.1) is 6.92 Å². The molecule has 3 aromatic heterocycles. The van der Waals surface area contributed by atoms with Crippen LogP contribution in [0.3, 0.4) is 0 Å². The zero-order valence-electron chi connectivity index (χ0n) is 17.8. The standard InChI is InChI=1S/C23H24N8O/c1-17-26-21(28-20-8-4-5-9-24-20)14-22(27-17)29-10-12-30(13-11-29)23(32)15-31-16-25-18-6-2-3-7-19(18)31/h2-9,14,16H,10-13,15H2,1H3,(H,24,26,27,28). The zero-order chi connectivity index (χ0) is 21.9. The van der Waals surface area contributed by atoms with Crippen molar-refractivity contribution in [1.82, 2.24) is 29.4 Å². The molecule has 1 aliphatic rings. The van der Waals surface area contributed by atoms with Crippen molar-refractivity contribution in [2.45, 2.75) is 13.5 Å². The number of aryl methyl sites for hydroxylation is 1. The molecule has 0 bridgehead atoms. The van der Waals surface area contributed by atoms with Crippen LogP contribution in [0.1, 0.15) is 5.82 Å². The van der Waals surface area contributed by atoms with Crippen LogP contribution in [-0.4, -0.2) is 61.5 Å². The van der Waals surface area contributed by atoms with E-state index in [-0.39, 0.29) is 5.91 Å². The summed E-state index contributed by atoms with van der Waals surface area (Å²) >= 11 is 0. The molecule has 162 valence electrons. The molecule has 4 heterocycles. The number of carbonyl (C=O) groups excluding carboxylic acids is 1. The lowest BCUT2D eigenvalue weighted by Gasteiger charge is -2.35. The molecule has 32 heavy (non-hydrogen) atoms. The smallest absolute Gasteiger partial charge is 0.242 e. The number of amides is 1. The zero-order valence-corrected chi connectivity index (χ0v) is 17.8. The van der Waals surface area contributed by atoms with Gasteiger partial charge >= 0.3 is 0 Å². The molecule has 0 radical (unpaired) electrons. The number of fused-ring (bicyclic) bond motifs is 1. The number of piperazine rings is 1. The highest BCUT2D eigenvalue weighted by molar-refractivity contribution is 5.80. The van der Waals surface area contributed by atoms with Crippen molar-refractivity contribution in [2.75, 3.05) is 36.4 Å². The molecule has 1 aliphatic heterocycles. The number of aromatic nitrogens is 5. The lowest BCUT2D eigenvalue weighted by atomic mass is 10.3. The van der Waals surface area contributed by atoms with Crippen molar-refractivity contribution in [3.63, 3.8) is 0 Å². The van der Waals surface area contributed by atoms with E-state index in [1.165, 1.54) is 0 Å². The third-order valence-corrected chi connectivity index (χ3v) is 5.53. The third-order valence-electron chi connectivity index (χ3n) is 5.53. The molecule has 9 nitrogen and oxygen atoms in total. The molecule has 1 fully saturated rings. The Hall–Kier alpha value is -4.01. The highest BCUT2D eigenvalue weighted by atomic mass is 16.2. The van der Waals surface area contributed by atoms with Gasteiger partial charge in [0.1, 0.15) is 29.8 Å². The number of rotatable bonds is 5. The highest BCUT2D eigenvalue weighted by Crippen LogP contribution is 2.20. The topological polar surface area (TPSA) is 92.1 Å². The van der Waals surface area contributed by atoms with Crippen molar-refractivity contribution >= 4 is 34.4 Å². The van der Waals surface area contributed by atoms with E-state index in [0.29, 0.717) is 31.3 Å². The predicted molar refractivity (Wildman–Crippen MR) is 123 cm³/mol. The van der Waals surface area contributed by atoms with Crippen LogP contribution in [-0.2, 0) is 11.3 Å². The van der Waals surface area contributed by atoms with Gasteiger partial charge in [-0.05, 0) is 31.2 Å². The van der Waals surface area contributed by atoms with Gasteiger partial charge in [0.2, 0.25) is 5.91 Å². The number of nitrogens with zero attached hydrogens (tertiary/aromatic N) is 7. The first kappa shape index (κ1) is 19.9. The molecule has 0 aliphatic carbocycles. The van der Waals surface area contributed by atoms with E-state index in [0.717, 1.165) is 35.8 Å². The molecular weight excluding hydrogens is 404 g/mol. The number of hydrogen-bond donors (Lipinski definition) is 1. The molecule has 0 unspecified atom stereocenters. The molecule has 1 aromatic carbocycles. The van der Waals surface area contributed by atoms with Gasteiger partial charge in [0.25, 0.3) is 0 Å². The lowest BCUT2D eigenvalue weighted by molar-refractivity contribution is -0.132. The maximum absolute atomic E-state index is 12.9. The molecule has 5 rings (SSSR count). The summed E-state index contributed by atoms with van der Waals surface area (Å²) in [4.78, 5) is 34.7. The first-order valence-corrected chi connectivity index (χ1v) is 10.6. The van der Waals surface area contributed by atoms with E-state index in [1.807, 2.05) is 64.9 Å². The summed E-state index contributed by atoms with van der Waals surface area (Å²) in [7, 11) is 0.